The second kappa shape index (κ2) is 6.57. The maximum Gasteiger partial charge on any atom is 0.187 e. The number of para-hydroxylation sites is 1. The molecule has 0 spiro atoms. The monoisotopic (exact) mass is 267 g/mol. The van der Waals surface area contributed by atoms with Crippen molar-refractivity contribution in [3.63, 3.8) is 0 Å². The number of anilines is 1. The van der Waals surface area contributed by atoms with Crippen molar-refractivity contribution < 1.29 is 9.53 Å². The van der Waals surface area contributed by atoms with Crippen molar-refractivity contribution in [3.8, 4) is 5.75 Å². The topological polar surface area (TPSA) is 38.3 Å². The fourth-order valence-corrected chi connectivity index (χ4v) is 1.81. The molecule has 0 fully saturated rings. The lowest BCUT2D eigenvalue weighted by molar-refractivity contribution is 0.104. The van der Waals surface area contributed by atoms with Crippen LogP contribution in [0.4, 0.5) is 5.69 Å². The van der Waals surface area contributed by atoms with Crippen molar-refractivity contribution in [2.45, 2.75) is 6.92 Å². The van der Waals surface area contributed by atoms with Crippen molar-refractivity contribution in [2.75, 3.05) is 12.4 Å². The Bertz CT molecular complexity index is 632. The zero-order valence-electron chi connectivity index (χ0n) is 11.6. The predicted octanol–water partition coefficient (Wildman–Crippen LogP) is 3.81. The second-order valence-corrected chi connectivity index (χ2v) is 4.39. The number of allylic oxidation sites excluding steroid dienone is 1. The lowest BCUT2D eigenvalue weighted by atomic mass is 10.1. The third kappa shape index (κ3) is 3.48. The van der Waals surface area contributed by atoms with Gasteiger partial charge in [-0.05, 0) is 30.7 Å². The van der Waals surface area contributed by atoms with Crippen molar-refractivity contribution >= 4 is 11.5 Å². The number of carbonyl (C=O) groups is 1. The van der Waals surface area contributed by atoms with E-state index in [2.05, 4.69) is 5.32 Å². The first-order chi connectivity index (χ1) is 9.70. The van der Waals surface area contributed by atoms with Crippen LogP contribution >= 0.6 is 0 Å². The molecule has 0 heterocycles. The van der Waals surface area contributed by atoms with Gasteiger partial charge in [-0.15, -0.1) is 0 Å². The van der Waals surface area contributed by atoms with Gasteiger partial charge in [-0.2, -0.15) is 0 Å². The van der Waals surface area contributed by atoms with Crippen LogP contribution in [0.2, 0.25) is 0 Å². The van der Waals surface area contributed by atoms with Gasteiger partial charge in [0, 0.05) is 23.5 Å². The Labute approximate surface area is 118 Å². The number of hydrogen-bond donors (Lipinski definition) is 1. The summed E-state index contributed by atoms with van der Waals surface area (Å²) < 4.78 is 5.10. The number of benzene rings is 2. The highest BCUT2D eigenvalue weighted by Gasteiger charge is 2.02. The number of carbonyl (C=O) groups excluding carboxylic acids is 1. The standard InChI is InChI=1S/C17H17NO2/c1-13-6-3-4-9-16(13)18-11-10-17(19)14-7-5-8-15(12-14)20-2/h3-12,18H,1-2H3. The molecule has 0 radical (unpaired) electrons. The summed E-state index contributed by atoms with van der Waals surface area (Å²) in [6.07, 6.45) is 3.17. The number of ketones is 1. The molecule has 0 amide bonds. The summed E-state index contributed by atoms with van der Waals surface area (Å²) in [4.78, 5) is 12.0. The van der Waals surface area contributed by atoms with E-state index < -0.39 is 0 Å². The number of aryl methyl sites for hydroxylation is 1. The minimum atomic E-state index is -0.0648. The molecule has 0 aliphatic heterocycles. The Hall–Kier alpha value is -2.55. The minimum Gasteiger partial charge on any atom is -0.497 e. The van der Waals surface area contributed by atoms with Crippen molar-refractivity contribution in [2.24, 2.45) is 0 Å². The van der Waals surface area contributed by atoms with Crippen LogP contribution in [-0.4, -0.2) is 12.9 Å². The van der Waals surface area contributed by atoms with Gasteiger partial charge < -0.3 is 10.1 Å². The second-order valence-electron chi connectivity index (χ2n) is 4.39. The third-order valence-electron chi connectivity index (χ3n) is 2.97. The first kappa shape index (κ1) is 13.9. The van der Waals surface area contributed by atoms with Gasteiger partial charge in [-0.25, -0.2) is 0 Å². The van der Waals surface area contributed by atoms with E-state index in [1.807, 2.05) is 37.3 Å². The van der Waals surface area contributed by atoms with E-state index >= 15 is 0 Å². The van der Waals surface area contributed by atoms with Crippen LogP contribution < -0.4 is 10.1 Å². The Morgan fingerprint density at radius 1 is 1.15 bits per heavy atom. The van der Waals surface area contributed by atoms with Crippen LogP contribution in [0, 0.1) is 6.92 Å². The summed E-state index contributed by atoms with van der Waals surface area (Å²) in [6, 6.07) is 15.0. The maximum absolute atomic E-state index is 12.0. The molecule has 0 aromatic heterocycles. The number of ether oxygens (including phenoxy) is 1. The predicted molar refractivity (Wildman–Crippen MR) is 81.3 cm³/mol. The van der Waals surface area contributed by atoms with E-state index in [-0.39, 0.29) is 5.78 Å². The highest BCUT2D eigenvalue weighted by atomic mass is 16.5. The Morgan fingerprint density at radius 2 is 1.95 bits per heavy atom. The highest BCUT2D eigenvalue weighted by Crippen LogP contribution is 2.14. The Kier molecular flexibility index (Phi) is 4.56. The average Bonchev–Trinajstić information content (AvgIpc) is 2.49. The first-order valence-electron chi connectivity index (χ1n) is 6.38. The summed E-state index contributed by atoms with van der Waals surface area (Å²) in [5, 5.41) is 3.11. The fourth-order valence-electron chi connectivity index (χ4n) is 1.81. The zero-order valence-corrected chi connectivity index (χ0v) is 11.6. The smallest absolute Gasteiger partial charge is 0.187 e. The van der Waals surface area contributed by atoms with Crippen molar-refractivity contribution in [1.82, 2.24) is 0 Å². The van der Waals surface area contributed by atoms with Gasteiger partial charge in [-0.1, -0.05) is 30.3 Å². The van der Waals surface area contributed by atoms with Gasteiger partial charge in [-0.3, -0.25) is 4.79 Å². The summed E-state index contributed by atoms with van der Waals surface area (Å²) in [7, 11) is 1.58. The van der Waals surface area contributed by atoms with Gasteiger partial charge in [0.25, 0.3) is 0 Å². The molecule has 0 aliphatic carbocycles. The summed E-state index contributed by atoms with van der Waals surface area (Å²) >= 11 is 0. The van der Waals surface area contributed by atoms with Crippen LogP contribution in [0.25, 0.3) is 0 Å². The number of hydrogen-bond acceptors (Lipinski definition) is 3. The maximum atomic E-state index is 12.0. The highest BCUT2D eigenvalue weighted by molar-refractivity contribution is 6.04. The normalized spacial score (nSPS) is 10.5. The molecule has 102 valence electrons. The zero-order chi connectivity index (χ0) is 14.4. The van der Waals surface area contributed by atoms with Crippen LogP contribution in [0.3, 0.4) is 0 Å². The van der Waals surface area contributed by atoms with Gasteiger partial charge in [0.05, 0.1) is 7.11 Å². The number of rotatable bonds is 5. The van der Waals surface area contributed by atoms with Crippen LogP contribution in [-0.2, 0) is 0 Å². The molecule has 0 unspecified atom stereocenters. The molecule has 2 aromatic rings. The molecule has 0 bridgehead atoms. The Balaban J connectivity index is 2.04. The molecule has 1 N–H and O–H groups in total. The fraction of sp³-hybridized carbons (Fsp3) is 0.118. The van der Waals surface area contributed by atoms with Crippen LogP contribution in [0.15, 0.2) is 60.8 Å². The SMILES string of the molecule is COc1cccc(C(=O)C=CNc2ccccc2C)c1. The quantitative estimate of drug-likeness (QED) is 0.661. The summed E-state index contributed by atoms with van der Waals surface area (Å²) in [5.74, 6) is 0.612. The van der Waals surface area contributed by atoms with Crippen LogP contribution in [0.1, 0.15) is 15.9 Å². The molecule has 20 heavy (non-hydrogen) atoms. The van der Waals surface area contributed by atoms with E-state index in [0.717, 1.165) is 11.3 Å². The number of methoxy groups -OCH3 is 1. The van der Waals surface area contributed by atoms with E-state index in [9.17, 15) is 4.79 Å². The van der Waals surface area contributed by atoms with E-state index in [1.54, 1.807) is 31.5 Å². The molecule has 0 atom stereocenters. The van der Waals surface area contributed by atoms with Gasteiger partial charge >= 0.3 is 0 Å². The molecule has 0 saturated heterocycles. The molecule has 3 heteroatoms. The molecule has 3 nitrogen and oxygen atoms in total. The molecular formula is C17H17NO2. The molecule has 0 saturated carbocycles. The van der Waals surface area contributed by atoms with E-state index in [4.69, 9.17) is 4.74 Å². The molecular weight excluding hydrogens is 250 g/mol. The van der Waals surface area contributed by atoms with Gasteiger partial charge in [0.2, 0.25) is 0 Å². The van der Waals surface area contributed by atoms with E-state index in [0.29, 0.717) is 11.3 Å². The number of nitrogens with one attached hydrogen (secondary N) is 1. The molecule has 2 aromatic carbocycles. The summed E-state index contributed by atoms with van der Waals surface area (Å²) in [5.41, 5.74) is 2.72. The van der Waals surface area contributed by atoms with Gasteiger partial charge in [0.15, 0.2) is 5.78 Å². The minimum absolute atomic E-state index is 0.0648. The van der Waals surface area contributed by atoms with Crippen molar-refractivity contribution in [1.29, 1.82) is 0 Å². The van der Waals surface area contributed by atoms with Crippen molar-refractivity contribution in [3.05, 3.63) is 71.9 Å². The average molecular weight is 267 g/mol. The van der Waals surface area contributed by atoms with Gasteiger partial charge in [0.1, 0.15) is 5.75 Å². The first-order valence-corrected chi connectivity index (χ1v) is 6.38. The van der Waals surface area contributed by atoms with E-state index in [1.165, 1.54) is 6.08 Å². The Morgan fingerprint density at radius 3 is 2.70 bits per heavy atom. The lowest BCUT2D eigenvalue weighted by Gasteiger charge is -2.04. The molecule has 0 aliphatic rings. The van der Waals surface area contributed by atoms with Crippen LogP contribution in [0.5, 0.6) is 5.75 Å². The lowest BCUT2D eigenvalue weighted by Crippen LogP contribution is -1.97. The third-order valence-corrected chi connectivity index (χ3v) is 2.97. The summed E-state index contributed by atoms with van der Waals surface area (Å²) in [6.45, 7) is 2.01. The molecule has 2 rings (SSSR count). The largest absolute Gasteiger partial charge is 0.497 e.